The van der Waals surface area contributed by atoms with E-state index in [4.69, 9.17) is 0 Å². The molecule has 2 heterocycles. The van der Waals surface area contributed by atoms with Crippen LogP contribution in [0.4, 0.5) is 5.69 Å². The first-order valence-corrected chi connectivity index (χ1v) is 11.0. The summed E-state index contributed by atoms with van der Waals surface area (Å²) in [6, 6.07) is 10.4. The highest BCUT2D eigenvalue weighted by Crippen LogP contribution is 2.25. The third-order valence-electron chi connectivity index (χ3n) is 4.99. The average Bonchev–Trinajstić information content (AvgIpc) is 3.24. The summed E-state index contributed by atoms with van der Waals surface area (Å²) in [5.74, 6) is 2.12. The van der Waals surface area contributed by atoms with E-state index in [2.05, 4.69) is 44.8 Å². The molecule has 1 atom stereocenters. The predicted molar refractivity (Wildman–Crippen MR) is 115 cm³/mol. The number of rotatable bonds is 6. The van der Waals surface area contributed by atoms with Crippen LogP contribution in [0, 0.1) is 0 Å². The minimum absolute atomic E-state index is 0.107. The summed E-state index contributed by atoms with van der Waals surface area (Å²) in [7, 11) is 0. The molecular weight excluding hydrogens is 358 g/mol. The summed E-state index contributed by atoms with van der Waals surface area (Å²) in [4.78, 5) is 21.3. The number of guanidine groups is 1. The van der Waals surface area contributed by atoms with Crippen LogP contribution < -0.4 is 15.5 Å². The lowest BCUT2D eigenvalue weighted by molar-refractivity contribution is -0.129. The SMILES string of the molecule is CCNC(=NCC(=O)N1CCN(c2ccccc2)CC1)NCC1CCCS1. The molecule has 1 amide bonds. The molecule has 2 saturated heterocycles. The molecule has 0 spiro atoms. The zero-order valence-corrected chi connectivity index (χ0v) is 17.0. The number of hydrogen-bond donors (Lipinski definition) is 2. The van der Waals surface area contributed by atoms with Gasteiger partial charge in [-0.3, -0.25) is 4.79 Å². The third-order valence-corrected chi connectivity index (χ3v) is 6.39. The Morgan fingerprint density at radius 2 is 1.96 bits per heavy atom. The fourth-order valence-corrected chi connectivity index (χ4v) is 4.66. The van der Waals surface area contributed by atoms with Gasteiger partial charge < -0.3 is 20.4 Å². The minimum atomic E-state index is 0.107. The van der Waals surface area contributed by atoms with Gasteiger partial charge in [0.25, 0.3) is 0 Å². The van der Waals surface area contributed by atoms with E-state index in [1.165, 1.54) is 24.3 Å². The summed E-state index contributed by atoms with van der Waals surface area (Å²) < 4.78 is 0. The van der Waals surface area contributed by atoms with Gasteiger partial charge in [0.2, 0.25) is 5.91 Å². The minimum Gasteiger partial charge on any atom is -0.368 e. The van der Waals surface area contributed by atoms with Crippen LogP contribution in [0.1, 0.15) is 19.8 Å². The number of benzene rings is 1. The maximum Gasteiger partial charge on any atom is 0.244 e. The quantitative estimate of drug-likeness (QED) is 0.574. The van der Waals surface area contributed by atoms with Crippen LogP contribution >= 0.6 is 11.8 Å². The summed E-state index contributed by atoms with van der Waals surface area (Å²) >= 11 is 2.02. The molecule has 0 aromatic heterocycles. The van der Waals surface area contributed by atoms with Crippen molar-refractivity contribution in [2.45, 2.75) is 25.0 Å². The molecule has 1 aromatic carbocycles. The maximum absolute atomic E-state index is 12.6. The normalized spacial score (nSPS) is 20.6. The summed E-state index contributed by atoms with van der Waals surface area (Å²) in [6.45, 7) is 7.23. The molecule has 148 valence electrons. The fourth-order valence-electron chi connectivity index (χ4n) is 3.46. The van der Waals surface area contributed by atoms with Crippen LogP contribution in [0.3, 0.4) is 0 Å². The van der Waals surface area contributed by atoms with Gasteiger partial charge in [-0.15, -0.1) is 0 Å². The van der Waals surface area contributed by atoms with E-state index in [1.807, 2.05) is 29.7 Å². The van der Waals surface area contributed by atoms with E-state index in [0.29, 0.717) is 5.25 Å². The molecule has 27 heavy (non-hydrogen) atoms. The van der Waals surface area contributed by atoms with E-state index in [9.17, 15) is 4.79 Å². The Balaban J connectivity index is 1.44. The van der Waals surface area contributed by atoms with Gasteiger partial charge in [-0.1, -0.05) is 18.2 Å². The van der Waals surface area contributed by atoms with Crippen molar-refractivity contribution < 1.29 is 4.79 Å². The molecule has 0 saturated carbocycles. The van der Waals surface area contributed by atoms with E-state index in [-0.39, 0.29) is 12.5 Å². The topological polar surface area (TPSA) is 60.0 Å². The molecule has 2 fully saturated rings. The fraction of sp³-hybridized carbons (Fsp3) is 0.600. The van der Waals surface area contributed by atoms with Gasteiger partial charge in [0, 0.05) is 50.2 Å². The average molecular weight is 390 g/mol. The Bertz CT molecular complexity index is 610. The Labute approximate surface area is 166 Å². The van der Waals surface area contributed by atoms with Crippen molar-refractivity contribution in [3.8, 4) is 0 Å². The summed E-state index contributed by atoms with van der Waals surface area (Å²) in [5.41, 5.74) is 1.23. The third kappa shape index (κ3) is 6.06. The van der Waals surface area contributed by atoms with Gasteiger partial charge in [0.05, 0.1) is 0 Å². The van der Waals surface area contributed by atoms with Gasteiger partial charge in [-0.2, -0.15) is 11.8 Å². The number of hydrogen-bond acceptors (Lipinski definition) is 4. The zero-order chi connectivity index (χ0) is 18.9. The van der Waals surface area contributed by atoms with Crippen LogP contribution in [-0.2, 0) is 4.79 Å². The monoisotopic (exact) mass is 389 g/mol. The van der Waals surface area contributed by atoms with Crippen molar-refractivity contribution >= 4 is 29.3 Å². The molecule has 0 radical (unpaired) electrons. The Hall–Kier alpha value is -1.89. The molecule has 6 nitrogen and oxygen atoms in total. The molecule has 2 aliphatic heterocycles. The van der Waals surface area contributed by atoms with Crippen LogP contribution in [0.5, 0.6) is 0 Å². The second kappa shape index (κ2) is 10.4. The second-order valence-electron chi connectivity index (χ2n) is 6.91. The Morgan fingerprint density at radius 1 is 1.19 bits per heavy atom. The van der Waals surface area contributed by atoms with E-state index < -0.39 is 0 Å². The van der Waals surface area contributed by atoms with E-state index >= 15 is 0 Å². The van der Waals surface area contributed by atoms with Crippen molar-refractivity contribution in [2.24, 2.45) is 4.99 Å². The van der Waals surface area contributed by atoms with Crippen LogP contribution in [0.2, 0.25) is 0 Å². The van der Waals surface area contributed by atoms with Crippen molar-refractivity contribution in [3.05, 3.63) is 30.3 Å². The number of aliphatic imine (C=N–C) groups is 1. The first kappa shape index (κ1) is 19.9. The number of nitrogens with zero attached hydrogens (tertiary/aromatic N) is 3. The van der Waals surface area contributed by atoms with Gasteiger partial charge in [0.1, 0.15) is 6.54 Å². The number of anilines is 1. The molecule has 0 aliphatic carbocycles. The predicted octanol–water partition coefficient (Wildman–Crippen LogP) is 1.79. The number of thioether (sulfide) groups is 1. The number of amides is 1. The van der Waals surface area contributed by atoms with Gasteiger partial charge >= 0.3 is 0 Å². The first-order valence-electron chi connectivity index (χ1n) is 9.98. The molecule has 7 heteroatoms. The highest BCUT2D eigenvalue weighted by molar-refractivity contribution is 8.00. The van der Waals surface area contributed by atoms with E-state index in [0.717, 1.165) is 45.2 Å². The van der Waals surface area contributed by atoms with Crippen molar-refractivity contribution in [3.63, 3.8) is 0 Å². The zero-order valence-electron chi connectivity index (χ0n) is 16.2. The standard InChI is InChI=1S/C20H31N5OS/c1-2-21-20(22-15-18-9-6-14-27-18)23-16-19(26)25-12-10-24(11-13-25)17-7-4-3-5-8-17/h3-5,7-8,18H,2,6,9-16H2,1H3,(H2,21,22,23). The second-order valence-corrected chi connectivity index (χ2v) is 8.32. The molecule has 1 unspecified atom stereocenters. The lowest BCUT2D eigenvalue weighted by Gasteiger charge is -2.36. The number of para-hydroxylation sites is 1. The molecule has 1 aromatic rings. The molecular formula is C20H31N5OS. The Morgan fingerprint density at radius 3 is 2.63 bits per heavy atom. The summed E-state index contributed by atoms with van der Waals surface area (Å²) in [5, 5.41) is 7.30. The molecule has 3 rings (SSSR count). The number of carbonyl (C=O) groups excluding carboxylic acids is 1. The molecule has 2 aliphatic rings. The Kier molecular flexibility index (Phi) is 7.68. The van der Waals surface area contributed by atoms with E-state index in [1.54, 1.807) is 0 Å². The summed E-state index contributed by atoms with van der Waals surface area (Å²) in [6.07, 6.45) is 2.57. The van der Waals surface area contributed by atoms with Gasteiger partial charge in [0.15, 0.2) is 5.96 Å². The van der Waals surface area contributed by atoms with Crippen molar-refractivity contribution in [2.75, 3.05) is 56.5 Å². The van der Waals surface area contributed by atoms with Crippen LogP contribution in [0.25, 0.3) is 0 Å². The highest BCUT2D eigenvalue weighted by Gasteiger charge is 2.21. The molecule has 0 bridgehead atoms. The smallest absolute Gasteiger partial charge is 0.244 e. The van der Waals surface area contributed by atoms with Crippen molar-refractivity contribution in [1.29, 1.82) is 0 Å². The first-order chi connectivity index (χ1) is 13.3. The lowest BCUT2D eigenvalue weighted by Crippen LogP contribution is -2.49. The van der Waals surface area contributed by atoms with Crippen molar-refractivity contribution in [1.82, 2.24) is 15.5 Å². The van der Waals surface area contributed by atoms with Crippen LogP contribution in [-0.4, -0.2) is 73.6 Å². The van der Waals surface area contributed by atoms with Gasteiger partial charge in [-0.25, -0.2) is 4.99 Å². The lowest BCUT2D eigenvalue weighted by atomic mass is 10.2. The molecule has 2 N–H and O–H groups in total. The number of carbonyl (C=O) groups is 1. The number of piperazine rings is 1. The van der Waals surface area contributed by atoms with Gasteiger partial charge in [-0.05, 0) is 37.7 Å². The number of nitrogens with one attached hydrogen (secondary N) is 2. The highest BCUT2D eigenvalue weighted by atomic mass is 32.2. The maximum atomic E-state index is 12.6. The largest absolute Gasteiger partial charge is 0.368 e. The van der Waals surface area contributed by atoms with Crippen LogP contribution in [0.15, 0.2) is 35.3 Å².